The summed E-state index contributed by atoms with van der Waals surface area (Å²) in [6, 6.07) is 23.0. The molecule has 1 atom stereocenters. The first kappa shape index (κ1) is 24.0. The molecule has 6 nitrogen and oxygen atoms in total. The maximum Gasteiger partial charge on any atom is 0.300 e. The van der Waals surface area contributed by atoms with Crippen LogP contribution >= 0.6 is 0 Å². The molecule has 1 N–H and O–H groups in total. The highest BCUT2D eigenvalue weighted by Crippen LogP contribution is 2.42. The molecular weight excluding hydrogens is 464 g/mol. The van der Waals surface area contributed by atoms with Crippen LogP contribution in [0.3, 0.4) is 0 Å². The standard InChI is InChI=1S/C31H26N2O4/c1-19-6-4-8-25(16-19)37-24-13-11-23(12-14-24)33-28(22-7-5-15-32-18-22)27(30(35)31(33)36)29(34)26-17-20(2)9-10-21(26)3/h4-18,28,34H,1-3H3/b29-27+. The van der Waals surface area contributed by atoms with Crippen molar-refractivity contribution >= 4 is 23.1 Å². The molecule has 6 heteroatoms. The van der Waals surface area contributed by atoms with E-state index in [0.29, 0.717) is 28.3 Å². The van der Waals surface area contributed by atoms with E-state index >= 15 is 0 Å². The van der Waals surface area contributed by atoms with Gasteiger partial charge in [0.15, 0.2) is 0 Å². The lowest BCUT2D eigenvalue weighted by molar-refractivity contribution is -0.132. The lowest BCUT2D eigenvalue weighted by Crippen LogP contribution is -2.29. The molecule has 1 amide bonds. The van der Waals surface area contributed by atoms with Crippen molar-refractivity contribution in [2.75, 3.05) is 4.90 Å². The van der Waals surface area contributed by atoms with Crippen LogP contribution in [-0.2, 0) is 9.59 Å². The van der Waals surface area contributed by atoms with Crippen LogP contribution < -0.4 is 9.64 Å². The van der Waals surface area contributed by atoms with E-state index in [2.05, 4.69) is 4.98 Å². The Balaban J connectivity index is 1.59. The summed E-state index contributed by atoms with van der Waals surface area (Å²) in [4.78, 5) is 32.4. The van der Waals surface area contributed by atoms with E-state index in [0.717, 1.165) is 16.7 Å². The van der Waals surface area contributed by atoms with Crippen molar-refractivity contribution in [3.63, 3.8) is 0 Å². The molecule has 0 bridgehead atoms. The van der Waals surface area contributed by atoms with Gasteiger partial charge >= 0.3 is 0 Å². The van der Waals surface area contributed by atoms with Gasteiger partial charge in [0.2, 0.25) is 0 Å². The number of pyridine rings is 1. The Morgan fingerprint density at radius 2 is 1.62 bits per heavy atom. The minimum absolute atomic E-state index is 0.0341. The van der Waals surface area contributed by atoms with Crippen LogP contribution in [0.4, 0.5) is 5.69 Å². The third-order valence-electron chi connectivity index (χ3n) is 6.43. The minimum Gasteiger partial charge on any atom is -0.507 e. The average Bonchev–Trinajstić information content (AvgIpc) is 3.16. The number of aliphatic hydroxyl groups excluding tert-OH is 1. The second-order valence-electron chi connectivity index (χ2n) is 9.19. The quantitative estimate of drug-likeness (QED) is 0.198. The first-order chi connectivity index (χ1) is 17.8. The van der Waals surface area contributed by atoms with Gasteiger partial charge in [0.05, 0.1) is 11.6 Å². The molecule has 0 aliphatic carbocycles. The Morgan fingerprint density at radius 1 is 0.865 bits per heavy atom. The molecular formula is C31H26N2O4. The molecule has 1 fully saturated rings. The predicted octanol–water partition coefficient (Wildman–Crippen LogP) is 6.43. The normalized spacial score (nSPS) is 16.7. The van der Waals surface area contributed by atoms with Gasteiger partial charge in [0.25, 0.3) is 11.7 Å². The van der Waals surface area contributed by atoms with E-state index in [1.807, 2.05) is 63.2 Å². The number of aromatic nitrogens is 1. The lowest BCUT2D eigenvalue weighted by Gasteiger charge is -2.25. The zero-order chi connectivity index (χ0) is 26.1. The summed E-state index contributed by atoms with van der Waals surface area (Å²) < 4.78 is 5.95. The monoisotopic (exact) mass is 490 g/mol. The summed E-state index contributed by atoms with van der Waals surface area (Å²) in [6.07, 6.45) is 3.23. The third kappa shape index (κ3) is 4.61. The fraction of sp³-hybridized carbons (Fsp3) is 0.129. The number of anilines is 1. The fourth-order valence-electron chi connectivity index (χ4n) is 4.58. The van der Waals surface area contributed by atoms with Gasteiger partial charge in [-0.05, 0) is 86.0 Å². The van der Waals surface area contributed by atoms with Crippen LogP contribution in [0.2, 0.25) is 0 Å². The molecule has 4 aromatic rings. The summed E-state index contributed by atoms with van der Waals surface area (Å²) in [5.74, 6) is -0.355. The maximum atomic E-state index is 13.4. The SMILES string of the molecule is Cc1cccc(Oc2ccc(N3C(=O)C(=O)/C(=C(/O)c4cc(C)ccc4C)C3c3cccnc3)cc2)c1. The van der Waals surface area contributed by atoms with Crippen LogP contribution in [0.1, 0.15) is 33.9 Å². The Labute approximate surface area is 215 Å². The topological polar surface area (TPSA) is 79.7 Å². The minimum atomic E-state index is -0.836. The van der Waals surface area contributed by atoms with Crippen LogP contribution in [0, 0.1) is 20.8 Å². The van der Waals surface area contributed by atoms with Crippen molar-refractivity contribution in [3.05, 3.63) is 125 Å². The summed E-state index contributed by atoms with van der Waals surface area (Å²) in [6.45, 7) is 5.76. The molecule has 1 aliphatic rings. The molecule has 1 saturated heterocycles. The maximum absolute atomic E-state index is 13.4. The molecule has 2 heterocycles. The van der Waals surface area contributed by atoms with Gasteiger partial charge in [-0.15, -0.1) is 0 Å². The summed E-state index contributed by atoms with van der Waals surface area (Å²) in [7, 11) is 0. The highest BCUT2D eigenvalue weighted by molar-refractivity contribution is 6.51. The lowest BCUT2D eigenvalue weighted by atomic mass is 9.94. The third-order valence-corrected chi connectivity index (χ3v) is 6.43. The number of nitrogens with zero attached hydrogens (tertiary/aromatic N) is 2. The summed E-state index contributed by atoms with van der Waals surface area (Å²) in [5, 5.41) is 11.4. The highest BCUT2D eigenvalue weighted by atomic mass is 16.5. The Kier molecular flexibility index (Phi) is 6.32. The first-order valence-electron chi connectivity index (χ1n) is 12.0. The van der Waals surface area contributed by atoms with E-state index in [-0.39, 0.29) is 11.3 Å². The van der Waals surface area contributed by atoms with Crippen LogP contribution in [0.15, 0.2) is 96.8 Å². The van der Waals surface area contributed by atoms with Crippen LogP contribution in [0.25, 0.3) is 5.76 Å². The number of aryl methyl sites for hydroxylation is 3. The number of amides is 1. The molecule has 0 saturated carbocycles. The van der Waals surface area contributed by atoms with E-state index in [1.165, 1.54) is 4.90 Å². The molecule has 184 valence electrons. The number of aliphatic hydroxyl groups is 1. The largest absolute Gasteiger partial charge is 0.507 e. The second kappa shape index (κ2) is 9.74. The van der Waals surface area contributed by atoms with Crippen molar-refractivity contribution < 1.29 is 19.4 Å². The number of rotatable bonds is 5. The zero-order valence-corrected chi connectivity index (χ0v) is 20.8. The van der Waals surface area contributed by atoms with Crippen molar-refractivity contribution in [3.8, 4) is 11.5 Å². The molecule has 1 aromatic heterocycles. The Bertz CT molecular complexity index is 1520. The van der Waals surface area contributed by atoms with Crippen molar-refractivity contribution in [1.29, 1.82) is 0 Å². The van der Waals surface area contributed by atoms with Gasteiger partial charge in [0, 0.05) is 23.6 Å². The van der Waals surface area contributed by atoms with Crippen molar-refractivity contribution in [1.82, 2.24) is 4.98 Å². The summed E-state index contributed by atoms with van der Waals surface area (Å²) in [5.41, 5.74) is 4.50. The Morgan fingerprint density at radius 3 is 2.32 bits per heavy atom. The number of carbonyl (C=O) groups is 2. The van der Waals surface area contributed by atoms with Gasteiger partial charge in [-0.3, -0.25) is 19.5 Å². The van der Waals surface area contributed by atoms with Crippen molar-refractivity contribution in [2.24, 2.45) is 0 Å². The molecule has 3 aromatic carbocycles. The van der Waals surface area contributed by atoms with Gasteiger partial charge in [-0.25, -0.2) is 0 Å². The number of benzene rings is 3. The first-order valence-corrected chi connectivity index (χ1v) is 12.0. The fourth-order valence-corrected chi connectivity index (χ4v) is 4.58. The summed E-state index contributed by atoms with van der Waals surface area (Å²) >= 11 is 0. The van der Waals surface area contributed by atoms with Gasteiger partial charge in [-0.1, -0.05) is 35.9 Å². The van der Waals surface area contributed by atoms with Crippen LogP contribution in [0.5, 0.6) is 11.5 Å². The van der Waals surface area contributed by atoms with Gasteiger partial charge in [0.1, 0.15) is 17.3 Å². The molecule has 0 radical (unpaired) electrons. The van der Waals surface area contributed by atoms with E-state index in [4.69, 9.17) is 4.74 Å². The van der Waals surface area contributed by atoms with E-state index in [9.17, 15) is 14.7 Å². The number of ketones is 1. The zero-order valence-electron chi connectivity index (χ0n) is 20.8. The number of hydrogen-bond acceptors (Lipinski definition) is 5. The van der Waals surface area contributed by atoms with Crippen LogP contribution in [-0.4, -0.2) is 21.8 Å². The number of carbonyl (C=O) groups excluding carboxylic acids is 2. The molecule has 5 rings (SSSR count). The molecule has 0 spiro atoms. The second-order valence-corrected chi connectivity index (χ2v) is 9.19. The van der Waals surface area contributed by atoms with E-state index in [1.54, 1.807) is 48.8 Å². The average molecular weight is 491 g/mol. The van der Waals surface area contributed by atoms with E-state index < -0.39 is 17.7 Å². The predicted molar refractivity (Wildman–Crippen MR) is 143 cm³/mol. The van der Waals surface area contributed by atoms with Gasteiger partial charge in [-0.2, -0.15) is 0 Å². The van der Waals surface area contributed by atoms with Crippen molar-refractivity contribution in [2.45, 2.75) is 26.8 Å². The van der Waals surface area contributed by atoms with Gasteiger partial charge < -0.3 is 9.84 Å². The highest BCUT2D eigenvalue weighted by Gasteiger charge is 2.47. The smallest absolute Gasteiger partial charge is 0.300 e. The number of ether oxygens (including phenoxy) is 1. The molecule has 1 aliphatic heterocycles. The molecule has 37 heavy (non-hydrogen) atoms. The Hall–Kier alpha value is -4.71. The molecule has 1 unspecified atom stereocenters. The number of hydrogen-bond donors (Lipinski definition) is 1. The number of Topliss-reactive ketones (excluding diaryl/α,β-unsaturated/α-hetero) is 1.